The molecule has 2 aliphatic carbocycles. The quantitative estimate of drug-likeness (QED) is 0.814. The zero-order valence-electron chi connectivity index (χ0n) is 12.6. The van der Waals surface area contributed by atoms with Crippen LogP contribution >= 0.6 is 0 Å². The van der Waals surface area contributed by atoms with Crippen LogP contribution in [-0.4, -0.2) is 35.9 Å². The van der Waals surface area contributed by atoms with Crippen molar-refractivity contribution in [1.82, 2.24) is 5.32 Å². The Kier molecular flexibility index (Phi) is 6.30. The van der Waals surface area contributed by atoms with E-state index in [1.807, 2.05) is 6.92 Å². The molecule has 1 atom stereocenters. The van der Waals surface area contributed by atoms with Crippen molar-refractivity contribution in [3.8, 4) is 0 Å². The molecule has 4 heteroatoms. The molecule has 2 N–H and O–H groups in total. The van der Waals surface area contributed by atoms with Crippen LogP contribution in [0.1, 0.15) is 64.7 Å². The fraction of sp³-hybridized carbons (Fsp3) is 0.938. The average molecular weight is 283 g/mol. The first kappa shape index (κ1) is 15.8. The van der Waals surface area contributed by atoms with E-state index in [0.29, 0.717) is 12.0 Å². The number of hydrogen-bond acceptors (Lipinski definition) is 3. The van der Waals surface area contributed by atoms with Crippen LogP contribution in [0, 0.1) is 5.92 Å². The van der Waals surface area contributed by atoms with E-state index in [2.05, 4.69) is 5.32 Å². The molecular weight excluding hydrogens is 254 g/mol. The summed E-state index contributed by atoms with van der Waals surface area (Å²) in [5, 5.41) is 12.2. The molecule has 0 radical (unpaired) electrons. The molecule has 2 saturated carbocycles. The minimum Gasteiger partial charge on any atom is -0.396 e. The van der Waals surface area contributed by atoms with Gasteiger partial charge < -0.3 is 15.2 Å². The largest absolute Gasteiger partial charge is 0.396 e. The van der Waals surface area contributed by atoms with E-state index in [1.165, 1.54) is 19.3 Å². The lowest BCUT2D eigenvalue weighted by atomic mass is 9.88. The molecule has 2 rings (SSSR count). The number of carbonyl (C=O) groups excluding carboxylic acids is 1. The van der Waals surface area contributed by atoms with Crippen LogP contribution in [0.25, 0.3) is 0 Å². The minimum absolute atomic E-state index is 0.0428. The summed E-state index contributed by atoms with van der Waals surface area (Å²) in [5.41, 5.74) is 0. The molecule has 1 unspecified atom stereocenters. The molecule has 2 fully saturated rings. The van der Waals surface area contributed by atoms with Crippen LogP contribution in [0.15, 0.2) is 0 Å². The zero-order chi connectivity index (χ0) is 14.4. The van der Waals surface area contributed by atoms with Crippen LogP contribution in [-0.2, 0) is 9.53 Å². The first-order chi connectivity index (χ1) is 9.69. The summed E-state index contributed by atoms with van der Waals surface area (Å²) in [6.45, 7) is 2.14. The number of rotatable bonds is 5. The molecule has 20 heavy (non-hydrogen) atoms. The van der Waals surface area contributed by atoms with Crippen molar-refractivity contribution in [2.45, 2.75) is 83.0 Å². The summed E-state index contributed by atoms with van der Waals surface area (Å²) in [5.74, 6) is 0.474. The van der Waals surface area contributed by atoms with Crippen LogP contribution < -0.4 is 5.32 Å². The summed E-state index contributed by atoms with van der Waals surface area (Å²) in [7, 11) is 0. The van der Waals surface area contributed by atoms with Gasteiger partial charge in [0.05, 0.1) is 6.10 Å². The van der Waals surface area contributed by atoms with Crippen LogP contribution in [0.3, 0.4) is 0 Å². The maximum absolute atomic E-state index is 12.1. The molecule has 4 nitrogen and oxygen atoms in total. The van der Waals surface area contributed by atoms with E-state index in [1.54, 1.807) is 0 Å². The number of amides is 1. The number of ether oxygens (including phenoxy) is 1. The Balaban J connectivity index is 1.68. The van der Waals surface area contributed by atoms with Gasteiger partial charge in [0.2, 0.25) is 5.91 Å². The number of hydrogen-bond donors (Lipinski definition) is 2. The molecule has 0 saturated heterocycles. The van der Waals surface area contributed by atoms with Crippen molar-refractivity contribution >= 4 is 5.91 Å². The van der Waals surface area contributed by atoms with Gasteiger partial charge in [0, 0.05) is 12.6 Å². The molecule has 0 heterocycles. The Morgan fingerprint density at radius 3 is 2.40 bits per heavy atom. The Morgan fingerprint density at radius 2 is 1.80 bits per heavy atom. The van der Waals surface area contributed by atoms with Gasteiger partial charge in [-0.1, -0.05) is 19.3 Å². The highest BCUT2D eigenvalue weighted by atomic mass is 16.5. The van der Waals surface area contributed by atoms with E-state index in [-0.39, 0.29) is 24.7 Å². The van der Waals surface area contributed by atoms with E-state index >= 15 is 0 Å². The zero-order valence-corrected chi connectivity index (χ0v) is 12.6. The van der Waals surface area contributed by atoms with Crippen molar-refractivity contribution in [3.05, 3.63) is 0 Å². The van der Waals surface area contributed by atoms with Gasteiger partial charge in [-0.15, -0.1) is 0 Å². The van der Waals surface area contributed by atoms with E-state index in [0.717, 1.165) is 38.5 Å². The van der Waals surface area contributed by atoms with E-state index < -0.39 is 0 Å². The standard InChI is InChI=1S/C16H29NO3/c1-12(16(19)17-14-5-3-2-4-6-14)20-15-9-7-13(11-18)8-10-15/h12-15,18H,2-11H2,1H3,(H,17,19). The number of aliphatic hydroxyl groups is 1. The molecule has 0 aliphatic heterocycles. The Hall–Kier alpha value is -0.610. The second-order valence-electron chi connectivity index (χ2n) is 6.45. The van der Waals surface area contributed by atoms with Gasteiger partial charge in [-0.05, 0) is 51.4 Å². The second kappa shape index (κ2) is 7.99. The average Bonchev–Trinajstić information content (AvgIpc) is 2.49. The summed E-state index contributed by atoms with van der Waals surface area (Å²) in [4.78, 5) is 12.1. The maximum Gasteiger partial charge on any atom is 0.249 e. The first-order valence-corrected chi connectivity index (χ1v) is 8.25. The summed E-state index contributed by atoms with van der Waals surface area (Å²) in [6, 6.07) is 0.354. The molecule has 0 bridgehead atoms. The lowest BCUT2D eigenvalue weighted by Gasteiger charge is -2.30. The molecule has 116 valence electrons. The van der Waals surface area contributed by atoms with Crippen LogP contribution in [0.4, 0.5) is 0 Å². The van der Waals surface area contributed by atoms with Crippen molar-refractivity contribution in [1.29, 1.82) is 0 Å². The number of nitrogens with one attached hydrogen (secondary N) is 1. The monoisotopic (exact) mass is 283 g/mol. The smallest absolute Gasteiger partial charge is 0.249 e. The van der Waals surface area contributed by atoms with Gasteiger partial charge in [-0.25, -0.2) is 0 Å². The highest BCUT2D eigenvalue weighted by Crippen LogP contribution is 2.26. The minimum atomic E-state index is -0.354. The predicted octanol–water partition coefficient (Wildman–Crippen LogP) is 2.39. The van der Waals surface area contributed by atoms with E-state index in [4.69, 9.17) is 9.84 Å². The third-order valence-corrected chi connectivity index (χ3v) is 4.77. The normalized spacial score (nSPS) is 29.9. The van der Waals surface area contributed by atoms with Gasteiger partial charge >= 0.3 is 0 Å². The topological polar surface area (TPSA) is 58.6 Å². The molecule has 0 aromatic carbocycles. The first-order valence-electron chi connectivity index (χ1n) is 8.25. The lowest BCUT2D eigenvalue weighted by Crippen LogP contribution is -2.43. The lowest BCUT2D eigenvalue weighted by molar-refractivity contribution is -0.138. The van der Waals surface area contributed by atoms with Crippen LogP contribution in [0.5, 0.6) is 0 Å². The van der Waals surface area contributed by atoms with Crippen molar-refractivity contribution in [3.63, 3.8) is 0 Å². The fourth-order valence-corrected chi connectivity index (χ4v) is 3.37. The predicted molar refractivity (Wildman–Crippen MR) is 78.4 cm³/mol. The highest BCUT2D eigenvalue weighted by Gasteiger charge is 2.26. The summed E-state index contributed by atoms with van der Waals surface area (Å²) in [6.07, 6.45) is 9.76. The fourth-order valence-electron chi connectivity index (χ4n) is 3.37. The molecule has 0 aromatic rings. The van der Waals surface area contributed by atoms with Crippen molar-refractivity contribution in [2.75, 3.05) is 6.61 Å². The van der Waals surface area contributed by atoms with Crippen LogP contribution in [0.2, 0.25) is 0 Å². The van der Waals surface area contributed by atoms with Gasteiger partial charge in [0.25, 0.3) is 0 Å². The Morgan fingerprint density at radius 1 is 1.15 bits per heavy atom. The highest BCUT2D eigenvalue weighted by molar-refractivity contribution is 5.80. The third-order valence-electron chi connectivity index (χ3n) is 4.77. The molecule has 0 spiro atoms. The third kappa shape index (κ3) is 4.74. The van der Waals surface area contributed by atoms with Gasteiger partial charge in [0.1, 0.15) is 6.10 Å². The molecule has 2 aliphatic rings. The molecule has 0 aromatic heterocycles. The number of carbonyl (C=O) groups is 1. The van der Waals surface area contributed by atoms with E-state index in [9.17, 15) is 4.79 Å². The number of aliphatic hydroxyl groups excluding tert-OH is 1. The summed E-state index contributed by atoms with van der Waals surface area (Å²) < 4.78 is 5.89. The Labute approximate surface area is 122 Å². The summed E-state index contributed by atoms with van der Waals surface area (Å²) >= 11 is 0. The second-order valence-corrected chi connectivity index (χ2v) is 6.45. The maximum atomic E-state index is 12.1. The molecule has 1 amide bonds. The van der Waals surface area contributed by atoms with Crippen molar-refractivity contribution < 1.29 is 14.6 Å². The SMILES string of the molecule is CC(OC1CCC(CO)CC1)C(=O)NC1CCCCC1. The van der Waals surface area contributed by atoms with Gasteiger partial charge in [0.15, 0.2) is 0 Å². The van der Waals surface area contributed by atoms with Gasteiger partial charge in [-0.2, -0.15) is 0 Å². The van der Waals surface area contributed by atoms with Gasteiger partial charge in [-0.3, -0.25) is 4.79 Å². The Bertz CT molecular complexity index is 294. The molecular formula is C16H29NO3. The van der Waals surface area contributed by atoms with Crippen molar-refractivity contribution in [2.24, 2.45) is 5.92 Å².